The van der Waals surface area contributed by atoms with E-state index in [1.54, 1.807) is 12.7 Å². The average molecular weight is 296 g/mol. The molecule has 122 valence electrons. The fourth-order valence-electron chi connectivity index (χ4n) is 3.08. The molecule has 1 unspecified atom stereocenters. The second-order valence-electron chi connectivity index (χ2n) is 6.08. The Hall–Kier alpha value is -0.830. The van der Waals surface area contributed by atoms with Gasteiger partial charge < -0.3 is 9.47 Å². The second-order valence-corrected chi connectivity index (χ2v) is 6.08. The first kappa shape index (κ1) is 18.2. The monoisotopic (exact) mass is 296 g/mol. The fourth-order valence-corrected chi connectivity index (χ4v) is 3.08. The molecule has 0 radical (unpaired) electrons. The molecule has 1 fully saturated rings. The number of allylic oxidation sites excluding steroid dienone is 2. The number of hydrogen-bond acceptors (Lipinski definition) is 3. The smallest absolute Gasteiger partial charge is 0.302 e. The van der Waals surface area contributed by atoms with E-state index in [-0.39, 0.29) is 12.1 Å². The van der Waals surface area contributed by atoms with Gasteiger partial charge in [-0.1, -0.05) is 18.6 Å². The van der Waals surface area contributed by atoms with Gasteiger partial charge >= 0.3 is 5.97 Å². The number of hydrogen-bond donors (Lipinski definition) is 0. The highest BCUT2D eigenvalue weighted by atomic mass is 16.5. The average Bonchev–Trinajstić information content (AvgIpc) is 2.43. The van der Waals surface area contributed by atoms with Crippen LogP contribution in [0.3, 0.4) is 0 Å². The molecule has 0 heterocycles. The molecule has 0 N–H and O–H groups in total. The first-order valence-electron chi connectivity index (χ1n) is 8.53. The Morgan fingerprint density at radius 3 is 2.52 bits per heavy atom. The van der Waals surface area contributed by atoms with Crippen LogP contribution in [0.15, 0.2) is 11.6 Å². The van der Waals surface area contributed by atoms with Gasteiger partial charge in [0.2, 0.25) is 0 Å². The van der Waals surface area contributed by atoms with E-state index in [9.17, 15) is 4.79 Å². The van der Waals surface area contributed by atoms with Crippen LogP contribution in [-0.4, -0.2) is 25.3 Å². The van der Waals surface area contributed by atoms with E-state index in [1.165, 1.54) is 32.6 Å². The van der Waals surface area contributed by atoms with Gasteiger partial charge in [-0.15, -0.1) is 0 Å². The Kier molecular flexibility index (Phi) is 9.40. The third kappa shape index (κ3) is 8.25. The maximum Gasteiger partial charge on any atom is 0.302 e. The normalized spacial score (nSPS) is 21.3. The van der Waals surface area contributed by atoms with Crippen LogP contribution < -0.4 is 0 Å². The molecule has 1 rings (SSSR count). The summed E-state index contributed by atoms with van der Waals surface area (Å²) in [5.74, 6) is -0.139. The SMILES string of the molecule is CCC(CCCC=C1CCCC(OC(C)=O)CCC1)OC. The zero-order valence-corrected chi connectivity index (χ0v) is 14.0. The third-order valence-corrected chi connectivity index (χ3v) is 4.33. The van der Waals surface area contributed by atoms with Crippen molar-refractivity contribution in [1.82, 2.24) is 0 Å². The van der Waals surface area contributed by atoms with Gasteiger partial charge in [-0.2, -0.15) is 0 Å². The first-order chi connectivity index (χ1) is 10.2. The highest BCUT2D eigenvalue weighted by Crippen LogP contribution is 2.24. The highest BCUT2D eigenvalue weighted by Gasteiger charge is 2.15. The molecular weight excluding hydrogens is 264 g/mol. The van der Waals surface area contributed by atoms with Crippen molar-refractivity contribution >= 4 is 5.97 Å². The predicted octanol–water partition coefficient (Wildman–Crippen LogP) is 4.79. The molecule has 0 aromatic heterocycles. The molecule has 3 nitrogen and oxygen atoms in total. The summed E-state index contributed by atoms with van der Waals surface area (Å²) >= 11 is 0. The number of rotatable bonds is 7. The quantitative estimate of drug-likeness (QED) is 0.385. The van der Waals surface area contributed by atoms with Crippen LogP contribution in [0.2, 0.25) is 0 Å². The topological polar surface area (TPSA) is 35.5 Å². The summed E-state index contributed by atoms with van der Waals surface area (Å²) in [6, 6.07) is 0. The minimum Gasteiger partial charge on any atom is -0.463 e. The number of carbonyl (C=O) groups is 1. The van der Waals surface area contributed by atoms with Crippen LogP contribution in [0.25, 0.3) is 0 Å². The van der Waals surface area contributed by atoms with E-state index >= 15 is 0 Å². The van der Waals surface area contributed by atoms with E-state index in [0.29, 0.717) is 6.10 Å². The largest absolute Gasteiger partial charge is 0.463 e. The molecule has 0 aromatic carbocycles. The lowest BCUT2D eigenvalue weighted by molar-refractivity contribution is -0.147. The maximum atomic E-state index is 11.0. The number of methoxy groups -OCH3 is 1. The van der Waals surface area contributed by atoms with E-state index in [4.69, 9.17) is 9.47 Å². The zero-order chi connectivity index (χ0) is 15.5. The Morgan fingerprint density at radius 2 is 2.00 bits per heavy atom. The number of unbranched alkanes of at least 4 members (excludes halogenated alkanes) is 1. The Bertz CT molecular complexity index is 306. The van der Waals surface area contributed by atoms with Crippen molar-refractivity contribution in [2.45, 2.75) is 90.3 Å². The van der Waals surface area contributed by atoms with E-state index in [1.807, 2.05) is 0 Å². The van der Waals surface area contributed by atoms with Crippen LogP contribution in [0, 0.1) is 0 Å². The molecule has 0 aliphatic heterocycles. The molecule has 1 aliphatic rings. The minimum absolute atomic E-state index is 0.139. The van der Waals surface area contributed by atoms with Crippen molar-refractivity contribution in [2.24, 2.45) is 0 Å². The summed E-state index contributed by atoms with van der Waals surface area (Å²) in [4.78, 5) is 11.0. The van der Waals surface area contributed by atoms with E-state index in [0.717, 1.165) is 38.5 Å². The number of esters is 1. The summed E-state index contributed by atoms with van der Waals surface area (Å²) in [6.45, 7) is 3.69. The standard InChI is InChI=1S/C18H32O3/c1-4-17(20-3)12-6-5-9-16-10-7-13-18(14-8-11-16)21-15(2)19/h9,17-18H,4-8,10-14H2,1-3H3. The van der Waals surface area contributed by atoms with Gasteiger partial charge in [0.15, 0.2) is 0 Å². The predicted molar refractivity (Wildman–Crippen MR) is 86.3 cm³/mol. The highest BCUT2D eigenvalue weighted by molar-refractivity contribution is 5.66. The zero-order valence-electron chi connectivity index (χ0n) is 14.0. The van der Waals surface area contributed by atoms with Gasteiger partial charge in [0.05, 0.1) is 6.10 Å². The summed E-state index contributed by atoms with van der Waals surface area (Å²) in [5, 5.41) is 0. The molecule has 0 saturated heterocycles. The second kappa shape index (κ2) is 10.8. The van der Waals surface area contributed by atoms with Gasteiger partial charge in [-0.05, 0) is 64.2 Å². The fraction of sp³-hybridized carbons (Fsp3) is 0.833. The maximum absolute atomic E-state index is 11.0. The lowest BCUT2D eigenvalue weighted by atomic mass is 9.93. The van der Waals surface area contributed by atoms with Gasteiger partial charge in [-0.25, -0.2) is 0 Å². The van der Waals surface area contributed by atoms with E-state index in [2.05, 4.69) is 13.0 Å². The molecule has 1 aliphatic carbocycles. The molecule has 1 atom stereocenters. The van der Waals surface area contributed by atoms with E-state index < -0.39 is 0 Å². The van der Waals surface area contributed by atoms with Crippen LogP contribution in [0.1, 0.15) is 78.1 Å². The van der Waals surface area contributed by atoms with Gasteiger partial charge in [0, 0.05) is 14.0 Å². The van der Waals surface area contributed by atoms with Crippen molar-refractivity contribution < 1.29 is 14.3 Å². The Morgan fingerprint density at radius 1 is 1.33 bits per heavy atom. The van der Waals surface area contributed by atoms with Crippen molar-refractivity contribution in [3.8, 4) is 0 Å². The molecule has 1 saturated carbocycles. The van der Waals surface area contributed by atoms with Crippen molar-refractivity contribution in [1.29, 1.82) is 0 Å². The van der Waals surface area contributed by atoms with Crippen LogP contribution in [-0.2, 0) is 14.3 Å². The van der Waals surface area contributed by atoms with Crippen molar-refractivity contribution in [3.05, 3.63) is 11.6 Å². The van der Waals surface area contributed by atoms with Crippen LogP contribution in [0.4, 0.5) is 0 Å². The van der Waals surface area contributed by atoms with Gasteiger partial charge in [0.25, 0.3) is 0 Å². The minimum atomic E-state index is -0.139. The third-order valence-electron chi connectivity index (χ3n) is 4.33. The molecule has 0 spiro atoms. The molecule has 0 amide bonds. The first-order valence-corrected chi connectivity index (χ1v) is 8.53. The van der Waals surface area contributed by atoms with Gasteiger partial charge in [-0.3, -0.25) is 4.79 Å². The van der Waals surface area contributed by atoms with Crippen LogP contribution >= 0.6 is 0 Å². The Balaban J connectivity index is 2.25. The number of carbonyl (C=O) groups excluding carboxylic acids is 1. The molecule has 3 heteroatoms. The van der Waals surface area contributed by atoms with Crippen LogP contribution in [0.5, 0.6) is 0 Å². The lowest BCUT2D eigenvalue weighted by Gasteiger charge is -2.21. The molecule has 21 heavy (non-hydrogen) atoms. The summed E-state index contributed by atoms with van der Waals surface area (Å²) in [6.07, 6.45) is 14.3. The molecule has 0 aromatic rings. The van der Waals surface area contributed by atoms with Crippen molar-refractivity contribution in [2.75, 3.05) is 7.11 Å². The lowest BCUT2D eigenvalue weighted by Crippen LogP contribution is -2.17. The van der Waals surface area contributed by atoms with Crippen molar-refractivity contribution in [3.63, 3.8) is 0 Å². The number of ether oxygens (including phenoxy) is 2. The summed E-state index contributed by atoms with van der Waals surface area (Å²) in [5.41, 5.74) is 1.60. The summed E-state index contributed by atoms with van der Waals surface area (Å²) < 4.78 is 10.7. The molecular formula is C18H32O3. The summed E-state index contributed by atoms with van der Waals surface area (Å²) in [7, 11) is 1.81. The van der Waals surface area contributed by atoms with Gasteiger partial charge in [0.1, 0.15) is 6.10 Å². The Labute approximate surface area is 130 Å². The molecule has 0 bridgehead atoms.